The fourth-order valence-corrected chi connectivity index (χ4v) is 4.41. The number of hydrogen-bond acceptors (Lipinski definition) is 7. The molecule has 0 atom stereocenters. The number of carbonyl (C=O) groups excluding carboxylic acids is 1. The number of nitrogens with zero attached hydrogens (tertiary/aromatic N) is 4. The van der Waals surface area contributed by atoms with Crippen LogP contribution in [-0.2, 0) is 11.3 Å². The third-order valence-corrected chi connectivity index (χ3v) is 6.77. The number of amides is 1. The lowest BCUT2D eigenvalue weighted by atomic mass is 9.79. The Kier molecular flexibility index (Phi) is 7.09. The van der Waals surface area contributed by atoms with Crippen molar-refractivity contribution in [2.75, 3.05) is 43.0 Å². The van der Waals surface area contributed by atoms with Gasteiger partial charge in [-0.25, -0.2) is 9.97 Å². The van der Waals surface area contributed by atoms with Crippen LogP contribution in [0.5, 0.6) is 0 Å². The molecular formula is C24H33FN6O2. The Labute approximate surface area is 194 Å². The molecule has 1 saturated heterocycles. The zero-order chi connectivity index (χ0) is 23.4. The van der Waals surface area contributed by atoms with Crippen LogP contribution in [0, 0.1) is 18.2 Å². The van der Waals surface area contributed by atoms with Crippen LogP contribution in [0.4, 0.5) is 16.0 Å². The van der Waals surface area contributed by atoms with Crippen molar-refractivity contribution in [1.29, 1.82) is 0 Å². The van der Waals surface area contributed by atoms with Crippen molar-refractivity contribution in [2.45, 2.75) is 45.2 Å². The summed E-state index contributed by atoms with van der Waals surface area (Å²) in [6, 6.07) is 8.54. The molecule has 0 unspecified atom stereocenters. The SMILES string of the molecule is Cc1ccc(CN(c2ncnc(NCC3(CO)CCN(CC(N)=O)CC3)c2F)C2CC2)cc1. The first-order chi connectivity index (χ1) is 15.9. The van der Waals surface area contributed by atoms with E-state index in [-0.39, 0.29) is 30.9 Å². The Morgan fingerprint density at radius 3 is 2.58 bits per heavy atom. The number of nitrogens with one attached hydrogen (secondary N) is 1. The molecule has 1 aliphatic heterocycles. The van der Waals surface area contributed by atoms with Gasteiger partial charge in [0.1, 0.15) is 6.33 Å². The summed E-state index contributed by atoms with van der Waals surface area (Å²) in [4.78, 5) is 23.6. The number of piperidine rings is 1. The van der Waals surface area contributed by atoms with Crippen molar-refractivity contribution >= 4 is 17.5 Å². The van der Waals surface area contributed by atoms with E-state index >= 15 is 4.39 Å². The molecule has 1 aromatic heterocycles. The first-order valence-corrected chi connectivity index (χ1v) is 11.6. The highest BCUT2D eigenvalue weighted by Gasteiger charge is 2.36. The minimum absolute atomic E-state index is 0.0222. The minimum atomic E-state index is -0.462. The molecule has 2 aliphatic rings. The lowest BCUT2D eigenvalue weighted by molar-refractivity contribution is -0.119. The number of hydrogen-bond donors (Lipinski definition) is 3. The number of primary amides is 1. The molecule has 0 radical (unpaired) electrons. The number of halogens is 1. The molecule has 2 heterocycles. The third kappa shape index (κ3) is 5.78. The van der Waals surface area contributed by atoms with E-state index in [1.165, 1.54) is 11.9 Å². The standard InChI is InChI=1S/C24H33FN6O2/c1-17-2-4-18(5-3-17)12-31(19-6-7-19)23-21(25)22(28-16-29-23)27-14-24(15-32)8-10-30(11-9-24)13-20(26)33/h2-5,16,19,32H,6-15H2,1H3,(H2,26,33)(H,27,28,29). The zero-order valence-corrected chi connectivity index (χ0v) is 19.1. The average Bonchev–Trinajstić information content (AvgIpc) is 3.65. The number of carbonyl (C=O) groups is 1. The van der Waals surface area contributed by atoms with Crippen molar-refractivity contribution in [3.05, 3.63) is 47.5 Å². The van der Waals surface area contributed by atoms with E-state index in [9.17, 15) is 9.90 Å². The van der Waals surface area contributed by atoms with Crippen LogP contribution in [0.2, 0.25) is 0 Å². The van der Waals surface area contributed by atoms with Gasteiger partial charge in [0.2, 0.25) is 11.7 Å². The largest absolute Gasteiger partial charge is 0.396 e. The Balaban J connectivity index is 1.45. The van der Waals surface area contributed by atoms with Crippen molar-refractivity contribution in [2.24, 2.45) is 11.1 Å². The summed E-state index contributed by atoms with van der Waals surface area (Å²) in [5.41, 5.74) is 7.20. The van der Waals surface area contributed by atoms with Crippen LogP contribution in [0.3, 0.4) is 0 Å². The van der Waals surface area contributed by atoms with Gasteiger partial charge in [-0.2, -0.15) is 4.39 Å². The van der Waals surface area contributed by atoms with Gasteiger partial charge in [-0.05, 0) is 51.3 Å². The van der Waals surface area contributed by atoms with Gasteiger partial charge in [-0.3, -0.25) is 9.69 Å². The molecule has 1 aliphatic carbocycles. The Morgan fingerprint density at radius 2 is 1.97 bits per heavy atom. The lowest BCUT2D eigenvalue weighted by Gasteiger charge is -2.40. The van der Waals surface area contributed by atoms with Gasteiger partial charge in [0.25, 0.3) is 0 Å². The van der Waals surface area contributed by atoms with Gasteiger partial charge < -0.3 is 21.1 Å². The zero-order valence-electron chi connectivity index (χ0n) is 19.1. The first kappa shape index (κ1) is 23.4. The molecule has 0 bridgehead atoms. The second kappa shape index (κ2) is 10.0. The molecule has 1 saturated carbocycles. The van der Waals surface area contributed by atoms with Gasteiger partial charge in [-0.1, -0.05) is 29.8 Å². The highest BCUT2D eigenvalue weighted by Crippen LogP contribution is 2.36. The summed E-state index contributed by atoms with van der Waals surface area (Å²) in [6.45, 7) is 4.55. The van der Waals surface area contributed by atoms with Crippen LogP contribution >= 0.6 is 0 Å². The summed E-state index contributed by atoms with van der Waals surface area (Å²) >= 11 is 0. The van der Waals surface area contributed by atoms with Gasteiger partial charge in [0, 0.05) is 24.5 Å². The second-order valence-electron chi connectivity index (χ2n) is 9.46. The number of nitrogens with two attached hydrogens (primary N) is 1. The van der Waals surface area contributed by atoms with Gasteiger partial charge in [0.15, 0.2) is 11.6 Å². The summed E-state index contributed by atoms with van der Waals surface area (Å²) in [6.07, 6.45) is 4.81. The molecular weight excluding hydrogens is 423 g/mol. The number of anilines is 2. The molecule has 8 nitrogen and oxygen atoms in total. The molecule has 1 aromatic carbocycles. The quantitative estimate of drug-likeness (QED) is 0.502. The van der Waals surface area contributed by atoms with E-state index in [0.29, 0.717) is 44.8 Å². The monoisotopic (exact) mass is 456 g/mol. The normalized spacial score (nSPS) is 18.2. The molecule has 33 heavy (non-hydrogen) atoms. The number of aliphatic hydroxyl groups excluding tert-OH is 1. The first-order valence-electron chi connectivity index (χ1n) is 11.6. The summed E-state index contributed by atoms with van der Waals surface area (Å²) < 4.78 is 15.5. The van der Waals surface area contributed by atoms with Crippen molar-refractivity contribution in [1.82, 2.24) is 14.9 Å². The van der Waals surface area contributed by atoms with Gasteiger partial charge in [0.05, 0.1) is 13.2 Å². The highest BCUT2D eigenvalue weighted by molar-refractivity contribution is 5.75. The summed E-state index contributed by atoms with van der Waals surface area (Å²) in [5.74, 6) is -0.353. The molecule has 4 N–H and O–H groups in total. The number of likely N-dealkylation sites (tertiary alicyclic amines) is 1. The molecule has 2 fully saturated rings. The number of aromatic nitrogens is 2. The molecule has 178 valence electrons. The lowest BCUT2D eigenvalue weighted by Crippen LogP contribution is -2.47. The second-order valence-corrected chi connectivity index (χ2v) is 9.46. The van der Waals surface area contributed by atoms with Crippen LogP contribution in [0.1, 0.15) is 36.8 Å². The number of aryl methyl sites for hydroxylation is 1. The average molecular weight is 457 g/mol. The number of rotatable bonds is 10. The van der Waals surface area contributed by atoms with Gasteiger partial charge >= 0.3 is 0 Å². The number of aliphatic hydroxyl groups is 1. The van der Waals surface area contributed by atoms with Crippen molar-refractivity contribution < 1.29 is 14.3 Å². The smallest absolute Gasteiger partial charge is 0.231 e. The van der Waals surface area contributed by atoms with E-state index < -0.39 is 11.2 Å². The Bertz CT molecular complexity index is 958. The van der Waals surface area contributed by atoms with E-state index in [2.05, 4.69) is 39.6 Å². The van der Waals surface area contributed by atoms with Crippen LogP contribution in [0.15, 0.2) is 30.6 Å². The van der Waals surface area contributed by atoms with Crippen LogP contribution < -0.4 is 16.0 Å². The molecule has 1 amide bonds. The van der Waals surface area contributed by atoms with E-state index in [1.807, 2.05) is 16.7 Å². The Hall–Kier alpha value is -2.78. The number of benzene rings is 1. The summed E-state index contributed by atoms with van der Waals surface area (Å²) in [7, 11) is 0. The molecule has 9 heteroatoms. The van der Waals surface area contributed by atoms with Crippen LogP contribution in [0.25, 0.3) is 0 Å². The predicted octanol–water partition coefficient (Wildman–Crippen LogP) is 2.06. The Morgan fingerprint density at radius 1 is 1.27 bits per heavy atom. The van der Waals surface area contributed by atoms with E-state index in [4.69, 9.17) is 5.73 Å². The minimum Gasteiger partial charge on any atom is -0.396 e. The molecule has 0 spiro atoms. The van der Waals surface area contributed by atoms with Crippen molar-refractivity contribution in [3.8, 4) is 0 Å². The maximum absolute atomic E-state index is 15.5. The predicted molar refractivity (Wildman–Crippen MR) is 125 cm³/mol. The topological polar surface area (TPSA) is 108 Å². The maximum atomic E-state index is 15.5. The van der Waals surface area contributed by atoms with E-state index in [0.717, 1.165) is 18.4 Å². The van der Waals surface area contributed by atoms with Crippen molar-refractivity contribution in [3.63, 3.8) is 0 Å². The highest BCUT2D eigenvalue weighted by atomic mass is 19.1. The fourth-order valence-electron chi connectivity index (χ4n) is 4.41. The summed E-state index contributed by atoms with van der Waals surface area (Å²) in [5, 5.41) is 13.2. The van der Waals surface area contributed by atoms with Crippen LogP contribution in [-0.4, -0.2) is 64.7 Å². The fraction of sp³-hybridized carbons (Fsp3) is 0.542. The third-order valence-electron chi connectivity index (χ3n) is 6.77. The maximum Gasteiger partial charge on any atom is 0.231 e. The molecule has 4 rings (SSSR count). The van der Waals surface area contributed by atoms with Gasteiger partial charge in [-0.15, -0.1) is 0 Å². The van der Waals surface area contributed by atoms with E-state index in [1.54, 1.807) is 0 Å². The molecule has 2 aromatic rings.